The second-order valence-corrected chi connectivity index (χ2v) is 5.84. The lowest BCUT2D eigenvalue weighted by atomic mass is 9.84. The molecule has 4 nitrogen and oxygen atoms in total. The van der Waals surface area contributed by atoms with E-state index >= 15 is 0 Å². The minimum absolute atomic E-state index is 0.142. The number of fused-ring (bicyclic) bond motifs is 1. The zero-order chi connectivity index (χ0) is 14.1. The first-order chi connectivity index (χ1) is 9.65. The van der Waals surface area contributed by atoms with Crippen molar-refractivity contribution < 1.29 is 9.18 Å². The van der Waals surface area contributed by atoms with E-state index in [4.69, 9.17) is 0 Å². The number of hydrogen-bond donors (Lipinski definition) is 0. The van der Waals surface area contributed by atoms with Crippen molar-refractivity contribution in [3.05, 3.63) is 29.8 Å². The van der Waals surface area contributed by atoms with E-state index in [1.54, 1.807) is 6.07 Å². The van der Waals surface area contributed by atoms with Crippen molar-refractivity contribution in [2.45, 2.75) is 25.3 Å². The molecule has 2 atom stereocenters. The summed E-state index contributed by atoms with van der Waals surface area (Å²) in [5.74, 6) is -0.195. The van der Waals surface area contributed by atoms with Crippen molar-refractivity contribution in [1.82, 2.24) is 14.8 Å². The summed E-state index contributed by atoms with van der Waals surface area (Å²) in [4.78, 5) is 20.3. The molecular weight excluding hydrogens is 257 g/mol. The molecule has 108 valence electrons. The third-order valence-corrected chi connectivity index (χ3v) is 4.57. The van der Waals surface area contributed by atoms with E-state index < -0.39 is 5.95 Å². The van der Waals surface area contributed by atoms with Gasteiger partial charge in [-0.05, 0) is 50.9 Å². The number of halogens is 1. The molecule has 1 aromatic rings. The summed E-state index contributed by atoms with van der Waals surface area (Å²) in [6, 6.07) is 4.98. The van der Waals surface area contributed by atoms with Crippen LogP contribution in [0.2, 0.25) is 0 Å². The number of likely N-dealkylation sites (tertiary alicyclic amines) is 2. The maximum atomic E-state index is 13.1. The van der Waals surface area contributed by atoms with Crippen LogP contribution in [0.25, 0.3) is 0 Å². The van der Waals surface area contributed by atoms with Gasteiger partial charge in [-0.25, -0.2) is 4.98 Å². The van der Waals surface area contributed by atoms with Gasteiger partial charge in [-0.15, -0.1) is 0 Å². The van der Waals surface area contributed by atoms with Gasteiger partial charge in [-0.2, -0.15) is 4.39 Å². The predicted molar refractivity (Wildman–Crippen MR) is 73.9 cm³/mol. The van der Waals surface area contributed by atoms with Gasteiger partial charge in [0.05, 0.1) is 0 Å². The van der Waals surface area contributed by atoms with E-state index in [0.717, 1.165) is 26.1 Å². The zero-order valence-corrected chi connectivity index (χ0v) is 11.8. The Hall–Kier alpha value is -1.49. The van der Waals surface area contributed by atoms with Crippen LogP contribution in [0, 0.1) is 11.9 Å². The van der Waals surface area contributed by atoms with Crippen molar-refractivity contribution in [1.29, 1.82) is 0 Å². The highest BCUT2D eigenvalue weighted by atomic mass is 19.1. The number of amides is 1. The minimum Gasteiger partial charge on any atom is -0.337 e. The van der Waals surface area contributed by atoms with Gasteiger partial charge in [0, 0.05) is 19.1 Å². The topological polar surface area (TPSA) is 36.4 Å². The smallest absolute Gasteiger partial charge is 0.272 e. The van der Waals surface area contributed by atoms with E-state index in [1.807, 2.05) is 4.90 Å². The molecule has 2 unspecified atom stereocenters. The average molecular weight is 277 g/mol. The number of pyridine rings is 1. The Bertz CT molecular complexity index is 508. The van der Waals surface area contributed by atoms with Crippen LogP contribution in [0.3, 0.4) is 0 Å². The van der Waals surface area contributed by atoms with Gasteiger partial charge in [-0.3, -0.25) is 4.79 Å². The number of piperidine rings is 2. The molecule has 2 aliphatic heterocycles. The van der Waals surface area contributed by atoms with Gasteiger partial charge < -0.3 is 9.80 Å². The fraction of sp³-hybridized carbons (Fsp3) is 0.600. The molecular formula is C15H20FN3O. The predicted octanol–water partition coefficient (Wildman–Crippen LogP) is 1.78. The molecule has 0 bridgehead atoms. The number of nitrogens with zero attached hydrogens (tertiary/aromatic N) is 3. The first-order valence-electron chi connectivity index (χ1n) is 7.27. The lowest BCUT2D eigenvalue weighted by molar-refractivity contribution is 0.0312. The maximum Gasteiger partial charge on any atom is 0.272 e. The summed E-state index contributed by atoms with van der Waals surface area (Å²) in [6.07, 6.45) is 3.37. The summed E-state index contributed by atoms with van der Waals surface area (Å²) in [7, 11) is 2.17. The highest BCUT2D eigenvalue weighted by Crippen LogP contribution is 2.30. The molecule has 0 saturated carbocycles. The van der Waals surface area contributed by atoms with E-state index in [2.05, 4.69) is 16.9 Å². The third-order valence-electron chi connectivity index (χ3n) is 4.57. The Kier molecular flexibility index (Phi) is 3.70. The number of aromatic nitrogens is 1. The van der Waals surface area contributed by atoms with Crippen molar-refractivity contribution in [2.75, 3.05) is 26.7 Å². The quantitative estimate of drug-likeness (QED) is 0.734. The van der Waals surface area contributed by atoms with Crippen molar-refractivity contribution in [3.63, 3.8) is 0 Å². The summed E-state index contributed by atoms with van der Waals surface area (Å²) in [5, 5.41) is 0. The van der Waals surface area contributed by atoms with Crippen LogP contribution in [0.5, 0.6) is 0 Å². The number of rotatable bonds is 1. The fourth-order valence-electron chi connectivity index (χ4n) is 3.53. The monoisotopic (exact) mass is 277 g/mol. The molecule has 1 aromatic heterocycles. The molecule has 0 aliphatic carbocycles. The van der Waals surface area contributed by atoms with Crippen LogP contribution in [0.15, 0.2) is 18.2 Å². The largest absolute Gasteiger partial charge is 0.337 e. The first kappa shape index (κ1) is 13.5. The standard InChI is InChI=1S/C15H20FN3O/c1-18-8-3-4-11-10-19(9-7-13(11)18)15(20)12-5-2-6-14(16)17-12/h2,5-6,11,13H,3-4,7-10H2,1H3. The SMILES string of the molecule is CN1CCCC2CN(C(=O)c3cccc(F)n3)CCC21. The number of carbonyl (C=O) groups is 1. The Labute approximate surface area is 118 Å². The summed E-state index contributed by atoms with van der Waals surface area (Å²) < 4.78 is 13.1. The van der Waals surface area contributed by atoms with E-state index in [-0.39, 0.29) is 11.6 Å². The van der Waals surface area contributed by atoms with Crippen molar-refractivity contribution in [2.24, 2.45) is 5.92 Å². The minimum atomic E-state index is -0.594. The molecule has 3 heterocycles. The summed E-state index contributed by atoms with van der Waals surface area (Å²) >= 11 is 0. The molecule has 5 heteroatoms. The molecule has 2 fully saturated rings. The molecule has 2 aliphatic rings. The maximum absolute atomic E-state index is 13.1. The van der Waals surface area contributed by atoms with E-state index in [1.165, 1.54) is 25.0 Å². The van der Waals surface area contributed by atoms with Gasteiger partial charge in [0.2, 0.25) is 5.95 Å². The highest BCUT2D eigenvalue weighted by Gasteiger charge is 2.36. The Morgan fingerprint density at radius 1 is 1.35 bits per heavy atom. The van der Waals surface area contributed by atoms with Crippen LogP contribution in [-0.4, -0.2) is 53.4 Å². The van der Waals surface area contributed by atoms with Gasteiger partial charge in [0.1, 0.15) is 5.69 Å². The molecule has 1 amide bonds. The van der Waals surface area contributed by atoms with Crippen LogP contribution in [0.1, 0.15) is 29.8 Å². The number of carbonyl (C=O) groups excluding carboxylic acids is 1. The zero-order valence-electron chi connectivity index (χ0n) is 11.8. The lowest BCUT2D eigenvalue weighted by Crippen LogP contribution is -2.54. The molecule has 20 heavy (non-hydrogen) atoms. The molecule has 2 saturated heterocycles. The Morgan fingerprint density at radius 3 is 3.00 bits per heavy atom. The lowest BCUT2D eigenvalue weighted by Gasteiger charge is -2.45. The van der Waals surface area contributed by atoms with Crippen LogP contribution in [0.4, 0.5) is 4.39 Å². The second kappa shape index (κ2) is 5.48. The molecule has 0 N–H and O–H groups in total. The van der Waals surface area contributed by atoms with Crippen LogP contribution in [-0.2, 0) is 0 Å². The van der Waals surface area contributed by atoms with E-state index in [9.17, 15) is 9.18 Å². The van der Waals surface area contributed by atoms with Gasteiger partial charge in [-0.1, -0.05) is 6.07 Å². The second-order valence-electron chi connectivity index (χ2n) is 5.84. The number of hydrogen-bond acceptors (Lipinski definition) is 3. The van der Waals surface area contributed by atoms with Crippen molar-refractivity contribution >= 4 is 5.91 Å². The summed E-state index contributed by atoms with van der Waals surface area (Å²) in [6.45, 7) is 2.66. The van der Waals surface area contributed by atoms with Gasteiger partial charge in [0.15, 0.2) is 0 Å². The average Bonchev–Trinajstić information content (AvgIpc) is 2.46. The summed E-state index contributed by atoms with van der Waals surface area (Å²) in [5.41, 5.74) is 0.215. The fourth-order valence-corrected chi connectivity index (χ4v) is 3.53. The molecule has 0 aromatic carbocycles. The molecule has 3 rings (SSSR count). The third kappa shape index (κ3) is 2.54. The Morgan fingerprint density at radius 2 is 2.20 bits per heavy atom. The van der Waals surface area contributed by atoms with Crippen LogP contribution >= 0.6 is 0 Å². The normalized spacial score (nSPS) is 27.2. The molecule has 0 spiro atoms. The highest BCUT2D eigenvalue weighted by molar-refractivity contribution is 5.92. The first-order valence-corrected chi connectivity index (χ1v) is 7.27. The van der Waals surface area contributed by atoms with Crippen molar-refractivity contribution in [3.8, 4) is 0 Å². The Balaban J connectivity index is 1.71. The van der Waals surface area contributed by atoms with Crippen LogP contribution < -0.4 is 0 Å². The van der Waals surface area contributed by atoms with Gasteiger partial charge >= 0.3 is 0 Å². The van der Waals surface area contributed by atoms with E-state index in [0.29, 0.717) is 12.0 Å². The molecule has 0 radical (unpaired) electrons. The van der Waals surface area contributed by atoms with Gasteiger partial charge in [0.25, 0.3) is 5.91 Å².